The van der Waals surface area contributed by atoms with Gasteiger partial charge in [0.1, 0.15) is 5.82 Å². The van der Waals surface area contributed by atoms with Crippen molar-refractivity contribution in [2.45, 2.75) is 6.92 Å². The summed E-state index contributed by atoms with van der Waals surface area (Å²) in [6.45, 7) is 1.87. The van der Waals surface area contributed by atoms with Crippen molar-refractivity contribution < 1.29 is 4.79 Å². The van der Waals surface area contributed by atoms with E-state index in [4.69, 9.17) is 0 Å². The van der Waals surface area contributed by atoms with Crippen LogP contribution in [0.4, 0.5) is 11.4 Å². The van der Waals surface area contributed by atoms with Gasteiger partial charge in [-0.3, -0.25) is 9.36 Å². The van der Waals surface area contributed by atoms with Crippen molar-refractivity contribution >= 4 is 17.3 Å². The van der Waals surface area contributed by atoms with Crippen molar-refractivity contribution in [3.8, 4) is 5.82 Å². The zero-order chi connectivity index (χ0) is 17.1. The average Bonchev–Trinajstić information content (AvgIpc) is 3.01. The maximum atomic E-state index is 12.3. The van der Waals surface area contributed by atoms with Gasteiger partial charge in [-0.05, 0) is 43.3 Å². The largest absolute Gasteiger partial charge is 0.378 e. The third kappa shape index (κ3) is 3.24. The van der Waals surface area contributed by atoms with E-state index in [1.54, 1.807) is 29.1 Å². The van der Waals surface area contributed by atoms with Gasteiger partial charge in [0.15, 0.2) is 11.5 Å². The SMILES string of the molecule is Cc1nccn1-c1ccc(C(=O)Nc2ccc(N(C)C)cc2)nn1. The number of hydrogen-bond acceptors (Lipinski definition) is 5. The van der Waals surface area contributed by atoms with Crippen LogP contribution in [0.1, 0.15) is 16.3 Å². The van der Waals surface area contributed by atoms with Crippen molar-refractivity contribution in [2.75, 3.05) is 24.3 Å². The lowest BCUT2D eigenvalue weighted by atomic mass is 10.2. The Balaban J connectivity index is 1.72. The van der Waals surface area contributed by atoms with Crippen LogP contribution in [0.2, 0.25) is 0 Å². The molecule has 0 aliphatic heterocycles. The van der Waals surface area contributed by atoms with Crippen LogP contribution in [0, 0.1) is 6.92 Å². The highest BCUT2D eigenvalue weighted by Gasteiger charge is 2.10. The van der Waals surface area contributed by atoms with Crippen molar-refractivity contribution in [3.05, 3.63) is 60.3 Å². The van der Waals surface area contributed by atoms with Crippen LogP contribution in [0.5, 0.6) is 0 Å². The first kappa shape index (κ1) is 15.7. The van der Waals surface area contributed by atoms with Gasteiger partial charge in [-0.1, -0.05) is 0 Å². The van der Waals surface area contributed by atoms with Crippen LogP contribution >= 0.6 is 0 Å². The molecule has 1 aromatic carbocycles. The Morgan fingerprint density at radius 1 is 1.08 bits per heavy atom. The quantitative estimate of drug-likeness (QED) is 0.797. The molecule has 0 atom stereocenters. The van der Waals surface area contributed by atoms with E-state index in [-0.39, 0.29) is 11.6 Å². The Bertz CT molecular complexity index is 836. The van der Waals surface area contributed by atoms with Gasteiger partial charge < -0.3 is 10.2 Å². The van der Waals surface area contributed by atoms with E-state index in [1.807, 2.05) is 50.2 Å². The number of anilines is 2. The van der Waals surface area contributed by atoms with Crippen LogP contribution < -0.4 is 10.2 Å². The lowest BCUT2D eigenvalue weighted by Gasteiger charge is -2.13. The third-order valence-corrected chi connectivity index (χ3v) is 3.60. The highest BCUT2D eigenvalue weighted by molar-refractivity contribution is 6.02. The molecule has 7 heteroatoms. The maximum absolute atomic E-state index is 12.3. The average molecular weight is 322 g/mol. The number of imidazole rings is 1. The Morgan fingerprint density at radius 2 is 1.83 bits per heavy atom. The molecule has 3 rings (SSSR count). The second-order valence-corrected chi connectivity index (χ2v) is 5.52. The topological polar surface area (TPSA) is 75.9 Å². The fraction of sp³-hybridized carbons (Fsp3) is 0.176. The fourth-order valence-electron chi connectivity index (χ4n) is 2.23. The monoisotopic (exact) mass is 322 g/mol. The van der Waals surface area contributed by atoms with E-state index in [1.165, 1.54) is 0 Å². The summed E-state index contributed by atoms with van der Waals surface area (Å²) in [7, 11) is 3.93. The van der Waals surface area contributed by atoms with Gasteiger partial charge in [0.05, 0.1) is 0 Å². The van der Waals surface area contributed by atoms with Crippen molar-refractivity contribution in [2.24, 2.45) is 0 Å². The molecule has 0 saturated heterocycles. The number of rotatable bonds is 4. The number of carbonyl (C=O) groups is 1. The molecular formula is C17H18N6O. The summed E-state index contributed by atoms with van der Waals surface area (Å²) in [6, 6.07) is 11.0. The summed E-state index contributed by atoms with van der Waals surface area (Å²) in [4.78, 5) is 18.4. The number of aryl methyl sites for hydroxylation is 1. The summed E-state index contributed by atoms with van der Waals surface area (Å²) in [5, 5.41) is 10.9. The smallest absolute Gasteiger partial charge is 0.276 e. The Kier molecular flexibility index (Phi) is 4.24. The minimum atomic E-state index is -0.297. The predicted octanol–water partition coefficient (Wildman–Crippen LogP) is 2.29. The van der Waals surface area contributed by atoms with Gasteiger partial charge in [-0.25, -0.2) is 4.98 Å². The van der Waals surface area contributed by atoms with E-state index in [0.29, 0.717) is 11.5 Å². The molecule has 0 saturated carbocycles. The van der Waals surface area contributed by atoms with E-state index in [9.17, 15) is 4.79 Å². The standard InChI is InChI=1S/C17H18N6O/c1-12-18-10-11-23(12)16-9-8-15(20-21-16)17(24)19-13-4-6-14(7-5-13)22(2)3/h4-11H,1-3H3,(H,19,24). The molecule has 7 nitrogen and oxygen atoms in total. The second kappa shape index (κ2) is 6.49. The Labute approximate surface area is 140 Å². The molecule has 0 aliphatic rings. The highest BCUT2D eigenvalue weighted by Crippen LogP contribution is 2.16. The molecule has 2 aromatic heterocycles. The van der Waals surface area contributed by atoms with E-state index >= 15 is 0 Å². The predicted molar refractivity (Wildman–Crippen MR) is 92.6 cm³/mol. The summed E-state index contributed by atoms with van der Waals surface area (Å²) in [5.41, 5.74) is 2.03. The molecule has 3 aromatic rings. The zero-order valence-corrected chi connectivity index (χ0v) is 13.8. The van der Waals surface area contributed by atoms with Gasteiger partial charge in [-0.2, -0.15) is 0 Å². The van der Waals surface area contributed by atoms with Crippen molar-refractivity contribution in [1.82, 2.24) is 19.7 Å². The van der Waals surface area contributed by atoms with Gasteiger partial charge in [0.2, 0.25) is 0 Å². The van der Waals surface area contributed by atoms with Crippen molar-refractivity contribution in [1.29, 1.82) is 0 Å². The van der Waals surface area contributed by atoms with Gasteiger partial charge in [-0.15, -0.1) is 10.2 Å². The molecule has 122 valence electrons. The summed E-state index contributed by atoms with van der Waals surface area (Å²) in [5.74, 6) is 1.13. The highest BCUT2D eigenvalue weighted by atomic mass is 16.1. The van der Waals surface area contributed by atoms with Crippen LogP contribution in [-0.4, -0.2) is 39.8 Å². The van der Waals surface area contributed by atoms with E-state index < -0.39 is 0 Å². The lowest BCUT2D eigenvalue weighted by molar-refractivity contribution is 0.102. The minimum absolute atomic E-state index is 0.258. The second-order valence-electron chi connectivity index (χ2n) is 5.52. The maximum Gasteiger partial charge on any atom is 0.276 e. The first-order valence-corrected chi connectivity index (χ1v) is 7.47. The van der Waals surface area contributed by atoms with Crippen LogP contribution in [-0.2, 0) is 0 Å². The molecule has 2 heterocycles. The first-order valence-electron chi connectivity index (χ1n) is 7.47. The number of hydrogen-bond donors (Lipinski definition) is 1. The Hall–Kier alpha value is -3.22. The number of amides is 1. The molecule has 0 spiro atoms. The normalized spacial score (nSPS) is 10.5. The van der Waals surface area contributed by atoms with Gasteiger partial charge in [0, 0.05) is 37.9 Å². The van der Waals surface area contributed by atoms with Gasteiger partial charge in [0.25, 0.3) is 5.91 Å². The number of nitrogens with zero attached hydrogens (tertiary/aromatic N) is 5. The Morgan fingerprint density at radius 3 is 2.38 bits per heavy atom. The number of benzene rings is 1. The molecule has 24 heavy (non-hydrogen) atoms. The number of nitrogens with one attached hydrogen (secondary N) is 1. The summed E-state index contributed by atoms with van der Waals surface area (Å²) >= 11 is 0. The van der Waals surface area contributed by atoms with E-state index in [2.05, 4.69) is 20.5 Å². The first-order chi connectivity index (χ1) is 11.5. The molecule has 0 radical (unpaired) electrons. The van der Waals surface area contributed by atoms with E-state index in [0.717, 1.165) is 11.5 Å². The molecule has 0 unspecified atom stereocenters. The van der Waals surface area contributed by atoms with Gasteiger partial charge >= 0.3 is 0 Å². The molecule has 0 bridgehead atoms. The molecular weight excluding hydrogens is 304 g/mol. The lowest BCUT2D eigenvalue weighted by Crippen LogP contribution is -2.15. The molecule has 1 N–H and O–H groups in total. The fourth-order valence-corrected chi connectivity index (χ4v) is 2.23. The molecule has 1 amide bonds. The van der Waals surface area contributed by atoms with Crippen molar-refractivity contribution in [3.63, 3.8) is 0 Å². The summed E-state index contributed by atoms with van der Waals surface area (Å²) < 4.78 is 1.80. The summed E-state index contributed by atoms with van der Waals surface area (Å²) in [6.07, 6.45) is 3.49. The van der Waals surface area contributed by atoms with Crippen LogP contribution in [0.15, 0.2) is 48.8 Å². The van der Waals surface area contributed by atoms with Crippen LogP contribution in [0.25, 0.3) is 5.82 Å². The van der Waals surface area contributed by atoms with Crippen LogP contribution in [0.3, 0.4) is 0 Å². The number of carbonyl (C=O) groups excluding carboxylic acids is 1. The zero-order valence-electron chi connectivity index (χ0n) is 13.8. The number of aromatic nitrogens is 4. The molecule has 0 aliphatic carbocycles. The minimum Gasteiger partial charge on any atom is -0.378 e. The third-order valence-electron chi connectivity index (χ3n) is 3.60. The molecule has 0 fully saturated rings.